The van der Waals surface area contributed by atoms with Crippen molar-refractivity contribution in [3.8, 4) is 5.75 Å². The minimum atomic E-state index is -0.327. The van der Waals surface area contributed by atoms with Gasteiger partial charge in [-0.3, -0.25) is 14.4 Å². The van der Waals surface area contributed by atoms with Gasteiger partial charge in [0, 0.05) is 31.3 Å². The number of rotatable bonds is 8. The molecule has 1 N–H and O–H groups in total. The Morgan fingerprint density at radius 1 is 1.10 bits per heavy atom. The van der Waals surface area contributed by atoms with Gasteiger partial charge in [-0.25, -0.2) is 0 Å². The van der Waals surface area contributed by atoms with Crippen LogP contribution in [0.15, 0.2) is 48.5 Å². The van der Waals surface area contributed by atoms with Gasteiger partial charge in [0.1, 0.15) is 12.4 Å². The molecule has 0 radical (unpaired) electrons. The topological polar surface area (TPSA) is 79.0 Å². The lowest BCUT2D eigenvalue weighted by Crippen LogP contribution is -2.39. The molecule has 0 unspecified atom stereocenters. The van der Waals surface area contributed by atoms with Gasteiger partial charge in [0.2, 0.25) is 11.8 Å². The highest BCUT2D eigenvalue weighted by Gasteiger charge is 2.21. The SMILES string of the molecule is Cc1ccc(OCCN(C)C(=O)CNC(=O)c2ccc(N3CCCC3=O)cc2)cc1. The number of hydrogen-bond acceptors (Lipinski definition) is 4. The second kappa shape index (κ2) is 9.91. The zero-order valence-electron chi connectivity index (χ0n) is 17.4. The largest absolute Gasteiger partial charge is 0.492 e. The van der Waals surface area contributed by atoms with Crippen molar-refractivity contribution in [3.05, 3.63) is 59.7 Å². The Hall–Kier alpha value is -3.35. The lowest BCUT2D eigenvalue weighted by Gasteiger charge is -2.18. The maximum absolute atomic E-state index is 12.3. The Bertz CT molecular complexity index is 894. The van der Waals surface area contributed by atoms with E-state index in [0.717, 1.165) is 23.4 Å². The number of likely N-dealkylation sites (N-methyl/N-ethyl adjacent to an activating group) is 1. The Kier molecular flexibility index (Phi) is 7.06. The number of amides is 3. The number of hydrogen-bond donors (Lipinski definition) is 1. The molecule has 0 spiro atoms. The fraction of sp³-hybridized carbons (Fsp3) is 0.348. The van der Waals surface area contributed by atoms with Crippen molar-refractivity contribution >= 4 is 23.4 Å². The Labute approximate surface area is 176 Å². The first-order valence-electron chi connectivity index (χ1n) is 10.1. The first-order valence-corrected chi connectivity index (χ1v) is 10.1. The predicted molar refractivity (Wildman–Crippen MR) is 115 cm³/mol. The van der Waals surface area contributed by atoms with E-state index < -0.39 is 0 Å². The third-order valence-corrected chi connectivity index (χ3v) is 5.06. The summed E-state index contributed by atoms with van der Waals surface area (Å²) in [7, 11) is 1.68. The van der Waals surface area contributed by atoms with Crippen LogP contribution in [0.1, 0.15) is 28.8 Å². The van der Waals surface area contributed by atoms with Gasteiger partial charge in [-0.15, -0.1) is 0 Å². The van der Waals surface area contributed by atoms with Crippen LogP contribution in [0.5, 0.6) is 5.75 Å². The Balaban J connectivity index is 1.41. The number of nitrogens with one attached hydrogen (secondary N) is 1. The van der Waals surface area contributed by atoms with E-state index in [1.54, 1.807) is 36.2 Å². The summed E-state index contributed by atoms with van der Waals surface area (Å²) in [5.41, 5.74) is 2.39. The van der Waals surface area contributed by atoms with Gasteiger partial charge in [-0.2, -0.15) is 0 Å². The van der Waals surface area contributed by atoms with Crippen LogP contribution < -0.4 is 15.0 Å². The molecule has 2 aromatic carbocycles. The average Bonchev–Trinajstić information content (AvgIpc) is 3.19. The lowest BCUT2D eigenvalue weighted by atomic mass is 10.2. The van der Waals surface area contributed by atoms with Gasteiger partial charge in [0.15, 0.2) is 0 Å². The molecule has 3 amide bonds. The molecule has 7 nitrogen and oxygen atoms in total. The summed E-state index contributed by atoms with van der Waals surface area (Å²) in [6, 6.07) is 14.6. The molecule has 158 valence electrons. The molecule has 1 saturated heterocycles. The highest BCUT2D eigenvalue weighted by atomic mass is 16.5. The van der Waals surface area contributed by atoms with Crippen LogP contribution in [0.4, 0.5) is 5.69 Å². The molecule has 30 heavy (non-hydrogen) atoms. The van der Waals surface area contributed by atoms with Gasteiger partial charge >= 0.3 is 0 Å². The number of aryl methyl sites for hydroxylation is 1. The van der Waals surface area contributed by atoms with Crippen LogP contribution >= 0.6 is 0 Å². The molecule has 0 aromatic heterocycles. The van der Waals surface area contributed by atoms with E-state index in [2.05, 4.69) is 5.32 Å². The van der Waals surface area contributed by atoms with E-state index in [1.165, 1.54) is 4.90 Å². The zero-order valence-corrected chi connectivity index (χ0v) is 17.4. The molecule has 1 aliphatic heterocycles. The normalized spacial score (nSPS) is 13.3. The second-order valence-corrected chi connectivity index (χ2v) is 7.36. The number of nitrogens with zero attached hydrogens (tertiary/aromatic N) is 2. The standard InChI is InChI=1S/C23H27N3O4/c1-17-5-11-20(12-6-17)30-15-14-25(2)22(28)16-24-23(29)18-7-9-19(10-8-18)26-13-3-4-21(26)27/h5-12H,3-4,13-16H2,1-2H3,(H,24,29). The summed E-state index contributed by atoms with van der Waals surface area (Å²) in [4.78, 5) is 39.6. The van der Waals surface area contributed by atoms with Crippen LogP contribution in [0.25, 0.3) is 0 Å². The molecule has 0 saturated carbocycles. The molecule has 0 bridgehead atoms. The first kappa shape index (κ1) is 21.4. The van der Waals surface area contributed by atoms with Crippen LogP contribution in [0, 0.1) is 6.92 Å². The minimum absolute atomic E-state index is 0.0910. The van der Waals surface area contributed by atoms with E-state index in [1.807, 2.05) is 31.2 Å². The third kappa shape index (κ3) is 5.59. The number of anilines is 1. The molecule has 3 rings (SSSR count). The highest BCUT2D eigenvalue weighted by molar-refractivity contribution is 5.98. The van der Waals surface area contributed by atoms with E-state index in [9.17, 15) is 14.4 Å². The maximum atomic E-state index is 12.3. The molecule has 0 atom stereocenters. The van der Waals surface area contributed by atoms with Crippen LogP contribution in [0.3, 0.4) is 0 Å². The van der Waals surface area contributed by atoms with Crippen molar-refractivity contribution in [2.24, 2.45) is 0 Å². The number of ether oxygens (including phenoxy) is 1. The van der Waals surface area contributed by atoms with Crippen LogP contribution in [0.2, 0.25) is 0 Å². The van der Waals surface area contributed by atoms with Crippen LogP contribution in [-0.4, -0.2) is 55.9 Å². The predicted octanol–water partition coefficient (Wildman–Crippen LogP) is 2.39. The van der Waals surface area contributed by atoms with E-state index in [-0.39, 0.29) is 24.3 Å². The Morgan fingerprint density at radius 3 is 2.43 bits per heavy atom. The van der Waals surface area contributed by atoms with Crippen molar-refractivity contribution in [3.63, 3.8) is 0 Å². The molecule has 2 aromatic rings. The van der Waals surface area contributed by atoms with Gasteiger partial charge in [0.25, 0.3) is 5.91 Å². The monoisotopic (exact) mass is 409 g/mol. The molecule has 1 aliphatic rings. The highest BCUT2D eigenvalue weighted by Crippen LogP contribution is 2.21. The van der Waals surface area contributed by atoms with Gasteiger partial charge < -0.3 is 19.9 Å². The van der Waals surface area contributed by atoms with Gasteiger partial charge in [-0.05, 0) is 49.7 Å². The third-order valence-electron chi connectivity index (χ3n) is 5.06. The van der Waals surface area contributed by atoms with E-state index >= 15 is 0 Å². The maximum Gasteiger partial charge on any atom is 0.251 e. The molecule has 0 aliphatic carbocycles. The van der Waals surface area contributed by atoms with E-state index in [0.29, 0.717) is 31.7 Å². The van der Waals surface area contributed by atoms with E-state index in [4.69, 9.17) is 4.74 Å². The van der Waals surface area contributed by atoms with Crippen molar-refractivity contribution < 1.29 is 19.1 Å². The smallest absolute Gasteiger partial charge is 0.251 e. The van der Waals surface area contributed by atoms with Crippen LogP contribution in [-0.2, 0) is 9.59 Å². The van der Waals surface area contributed by atoms with Gasteiger partial charge in [0.05, 0.1) is 13.1 Å². The molecule has 7 heteroatoms. The molecular formula is C23H27N3O4. The summed E-state index contributed by atoms with van der Waals surface area (Å²) < 4.78 is 5.63. The zero-order chi connectivity index (χ0) is 21.5. The lowest BCUT2D eigenvalue weighted by molar-refractivity contribution is -0.129. The van der Waals surface area contributed by atoms with Crippen molar-refractivity contribution in [2.45, 2.75) is 19.8 Å². The Morgan fingerprint density at radius 2 is 1.80 bits per heavy atom. The molecular weight excluding hydrogens is 382 g/mol. The number of carbonyl (C=O) groups excluding carboxylic acids is 3. The average molecular weight is 409 g/mol. The molecule has 1 fully saturated rings. The van der Waals surface area contributed by atoms with Crippen molar-refractivity contribution in [1.82, 2.24) is 10.2 Å². The quantitative estimate of drug-likeness (QED) is 0.726. The number of carbonyl (C=O) groups is 3. The summed E-state index contributed by atoms with van der Waals surface area (Å²) in [6.45, 7) is 3.41. The fourth-order valence-corrected chi connectivity index (χ4v) is 3.17. The second-order valence-electron chi connectivity index (χ2n) is 7.36. The van der Waals surface area contributed by atoms with Crippen molar-refractivity contribution in [1.29, 1.82) is 0 Å². The summed E-state index contributed by atoms with van der Waals surface area (Å²) >= 11 is 0. The summed E-state index contributed by atoms with van der Waals surface area (Å²) in [5, 5.41) is 2.64. The summed E-state index contributed by atoms with van der Waals surface area (Å²) in [6.07, 6.45) is 1.42. The van der Waals surface area contributed by atoms with Crippen molar-refractivity contribution in [2.75, 3.05) is 38.2 Å². The summed E-state index contributed by atoms with van der Waals surface area (Å²) in [5.74, 6) is 0.336. The minimum Gasteiger partial charge on any atom is -0.492 e. The fourth-order valence-electron chi connectivity index (χ4n) is 3.17. The first-order chi connectivity index (χ1) is 14.4. The number of benzene rings is 2. The van der Waals surface area contributed by atoms with Gasteiger partial charge in [-0.1, -0.05) is 17.7 Å². The molecule has 1 heterocycles.